The van der Waals surface area contributed by atoms with Crippen molar-refractivity contribution in [3.05, 3.63) is 12.2 Å². The molecule has 0 unspecified atom stereocenters. The summed E-state index contributed by atoms with van der Waals surface area (Å²) in [5, 5.41) is 0. The Labute approximate surface area is 131 Å². The molecule has 4 rings (SSSR count). The van der Waals surface area contributed by atoms with Crippen molar-refractivity contribution in [2.45, 2.75) is 51.0 Å². The largest absolute Gasteiger partial charge is 0.460 e. The second kappa shape index (κ2) is 5.60. The van der Waals surface area contributed by atoms with Crippen molar-refractivity contribution in [2.24, 2.45) is 23.5 Å². The van der Waals surface area contributed by atoms with Crippen molar-refractivity contribution in [3.8, 4) is 0 Å². The van der Waals surface area contributed by atoms with E-state index in [9.17, 15) is 9.59 Å². The van der Waals surface area contributed by atoms with Crippen LogP contribution in [0.3, 0.4) is 0 Å². The Balaban J connectivity index is 1.67. The zero-order chi connectivity index (χ0) is 15.9. The van der Waals surface area contributed by atoms with E-state index in [4.69, 9.17) is 10.5 Å². The van der Waals surface area contributed by atoms with Crippen LogP contribution >= 0.6 is 0 Å². The molecule has 0 aromatic heterocycles. The normalized spacial score (nSPS) is 35.2. The van der Waals surface area contributed by atoms with E-state index in [1.165, 1.54) is 19.3 Å². The number of amides is 2. The first-order valence-electron chi connectivity index (χ1n) is 8.29. The number of primary amides is 1. The lowest BCUT2D eigenvalue weighted by Gasteiger charge is -2.60. The molecular weight excluding hydrogens is 280 g/mol. The summed E-state index contributed by atoms with van der Waals surface area (Å²) in [4.78, 5) is 25.3. The van der Waals surface area contributed by atoms with E-state index in [1.807, 2.05) is 0 Å². The van der Waals surface area contributed by atoms with Crippen LogP contribution < -0.4 is 5.73 Å². The molecule has 2 N–H and O–H groups in total. The highest BCUT2D eigenvalue weighted by Crippen LogP contribution is 2.57. The summed E-state index contributed by atoms with van der Waals surface area (Å²) in [5.74, 6) is 1.82. The molecule has 122 valence electrons. The van der Waals surface area contributed by atoms with Crippen molar-refractivity contribution in [1.29, 1.82) is 0 Å². The van der Waals surface area contributed by atoms with E-state index < -0.39 is 5.97 Å². The van der Waals surface area contributed by atoms with Crippen LogP contribution in [0, 0.1) is 17.8 Å². The number of carbonyl (C=O) groups is 2. The number of nitrogens with zero attached hydrogens (tertiary/aromatic N) is 1. The number of carbonyl (C=O) groups excluding carboxylic acids is 2. The van der Waals surface area contributed by atoms with Crippen LogP contribution in [0.15, 0.2) is 12.2 Å². The van der Waals surface area contributed by atoms with Gasteiger partial charge in [-0.05, 0) is 63.2 Å². The molecule has 5 nitrogen and oxygen atoms in total. The van der Waals surface area contributed by atoms with Crippen LogP contribution in [-0.2, 0) is 9.53 Å². The first kappa shape index (κ1) is 15.4. The average molecular weight is 306 g/mol. The van der Waals surface area contributed by atoms with Gasteiger partial charge in [-0.2, -0.15) is 0 Å². The van der Waals surface area contributed by atoms with Crippen molar-refractivity contribution >= 4 is 12.0 Å². The smallest absolute Gasteiger partial charge is 0.333 e. The van der Waals surface area contributed by atoms with E-state index in [1.54, 1.807) is 11.8 Å². The maximum atomic E-state index is 12.0. The Bertz CT molecular complexity index is 465. The summed E-state index contributed by atoms with van der Waals surface area (Å²) in [7, 11) is 0. The lowest BCUT2D eigenvalue weighted by molar-refractivity contribution is -0.140. The molecule has 0 spiro atoms. The van der Waals surface area contributed by atoms with E-state index in [0.29, 0.717) is 12.1 Å². The van der Waals surface area contributed by atoms with E-state index in [0.717, 1.165) is 37.0 Å². The topological polar surface area (TPSA) is 72.6 Å². The Morgan fingerprint density at radius 2 is 1.68 bits per heavy atom. The predicted octanol–water partition coefficient (Wildman–Crippen LogP) is 2.46. The van der Waals surface area contributed by atoms with Crippen molar-refractivity contribution < 1.29 is 14.3 Å². The molecule has 5 heteroatoms. The zero-order valence-electron chi connectivity index (χ0n) is 13.3. The molecule has 4 saturated carbocycles. The van der Waals surface area contributed by atoms with Gasteiger partial charge in [0.05, 0.1) is 6.54 Å². The number of rotatable bonds is 5. The highest BCUT2D eigenvalue weighted by molar-refractivity contribution is 5.86. The summed E-state index contributed by atoms with van der Waals surface area (Å²) in [6, 6.07) is -0.381. The molecule has 0 atom stereocenters. The molecule has 4 bridgehead atoms. The minimum atomic E-state index is -0.407. The summed E-state index contributed by atoms with van der Waals surface area (Å²) < 4.78 is 5.16. The van der Waals surface area contributed by atoms with Crippen molar-refractivity contribution in [2.75, 3.05) is 13.2 Å². The highest BCUT2D eigenvalue weighted by atomic mass is 16.5. The minimum absolute atomic E-state index is 0.0871. The Hall–Kier alpha value is -1.52. The van der Waals surface area contributed by atoms with Gasteiger partial charge < -0.3 is 15.4 Å². The minimum Gasteiger partial charge on any atom is -0.460 e. The molecular formula is C17H26N2O3. The number of urea groups is 1. The first-order chi connectivity index (χ1) is 10.4. The molecule has 0 heterocycles. The molecule has 0 aromatic rings. The van der Waals surface area contributed by atoms with Gasteiger partial charge in [-0.25, -0.2) is 9.59 Å². The second-order valence-corrected chi connectivity index (χ2v) is 7.55. The average Bonchev–Trinajstić information content (AvgIpc) is 2.40. The van der Waals surface area contributed by atoms with Crippen LogP contribution in [0.5, 0.6) is 0 Å². The number of hydrogen-bond acceptors (Lipinski definition) is 3. The SMILES string of the molecule is C=C(C)C(=O)OCCN(C(N)=O)C12CC3CC(CC(C3)C1)C2. The Morgan fingerprint density at radius 3 is 2.09 bits per heavy atom. The molecule has 0 aliphatic heterocycles. The fourth-order valence-electron chi connectivity index (χ4n) is 5.33. The lowest BCUT2D eigenvalue weighted by Crippen LogP contribution is -2.63. The van der Waals surface area contributed by atoms with Gasteiger partial charge in [0, 0.05) is 11.1 Å². The molecule has 0 aromatic carbocycles. The van der Waals surface area contributed by atoms with Gasteiger partial charge in [-0.3, -0.25) is 0 Å². The number of esters is 1. The van der Waals surface area contributed by atoms with Gasteiger partial charge in [0.2, 0.25) is 0 Å². The van der Waals surface area contributed by atoms with Gasteiger partial charge in [0.15, 0.2) is 0 Å². The van der Waals surface area contributed by atoms with Gasteiger partial charge >= 0.3 is 12.0 Å². The van der Waals surface area contributed by atoms with E-state index in [2.05, 4.69) is 6.58 Å². The summed E-state index contributed by atoms with van der Waals surface area (Å²) in [6.07, 6.45) is 7.15. The number of nitrogens with two attached hydrogens (primary N) is 1. The van der Waals surface area contributed by atoms with Gasteiger partial charge in [0.1, 0.15) is 6.61 Å². The van der Waals surface area contributed by atoms with Gasteiger partial charge in [-0.15, -0.1) is 0 Å². The Morgan fingerprint density at radius 1 is 1.18 bits per heavy atom. The second-order valence-electron chi connectivity index (χ2n) is 7.55. The molecule has 4 aliphatic rings. The third kappa shape index (κ3) is 2.73. The standard InChI is InChI=1S/C17H26N2O3/c1-11(2)15(20)22-4-3-19(16(18)21)17-8-12-5-13(9-17)7-14(6-12)10-17/h12-14H,1,3-10H2,2H3,(H2,18,21). The summed E-state index contributed by atoms with van der Waals surface area (Å²) in [5.41, 5.74) is 5.95. The Kier molecular flexibility index (Phi) is 3.91. The first-order valence-corrected chi connectivity index (χ1v) is 8.29. The zero-order valence-corrected chi connectivity index (χ0v) is 13.3. The maximum Gasteiger partial charge on any atom is 0.333 e. The molecule has 2 amide bonds. The fraction of sp³-hybridized carbons (Fsp3) is 0.765. The molecule has 22 heavy (non-hydrogen) atoms. The van der Waals surface area contributed by atoms with Crippen LogP contribution in [0.1, 0.15) is 45.4 Å². The summed E-state index contributed by atoms with van der Waals surface area (Å²) in [6.45, 7) is 5.76. The van der Waals surface area contributed by atoms with E-state index in [-0.39, 0.29) is 18.2 Å². The van der Waals surface area contributed by atoms with Crippen molar-refractivity contribution in [1.82, 2.24) is 4.90 Å². The monoisotopic (exact) mass is 306 g/mol. The van der Waals surface area contributed by atoms with Crippen molar-refractivity contribution in [3.63, 3.8) is 0 Å². The molecule has 0 saturated heterocycles. The van der Waals surface area contributed by atoms with Crippen LogP contribution in [0.2, 0.25) is 0 Å². The van der Waals surface area contributed by atoms with Crippen LogP contribution in [-0.4, -0.2) is 35.6 Å². The van der Waals surface area contributed by atoms with E-state index >= 15 is 0 Å². The summed E-state index contributed by atoms with van der Waals surface area (Å²) >= 11 is 0. The third-order valence-corrected chi connectivity index (χ3v) is 5.74. The molecule has 4 aliphatic carbocycles. The van der Waals surface area contributed by atoms with Gasteiger partial charge in [0.25, 0.3) is 0 Å². The third-order valence-electron chi connectivity index (χ3n) is 5.74. The maximum absolute atomic E-state index is 12.0. The lowest BCUT2D eigenvalue weighted by atomic mass is 9.52. The van der Waals surface area contributed by atoms with Crippen LogP contribution in [0.25, 0.3) is 0 Å². The highest BCUT2D eigenvalue weighted by Gasteiger charge is 2.54. The number of ether oxygens (including phenoxy) is 1. The molecule has 0 radical (unpaired) electrons. The molecule has 4 fully saturated rings. The predicted molar refractivity (Wildman–Crippen MR) is 83.0 cm³/mol. The van der Waals surface area contributed by atoms with Gasteiger partial charge in [-0.1, -0.05) is 6.58 Å². The van der Waals surface area contributed by atoms with Crippen LogP contribution in [0.4, 0.5) is 4.79 Å². The quantitative estimate of drug-likeness (QED) is 0.626. The fourth-order valence-corrected chi connectivity index (χ4v) is 5.33. The number of hydrogen-bond donors (Lipinski definition) is 1.